The number of hydrogen-bond acceptors (Lipinski definition) is 5. The molecule has 0 spiro atoms. The fourth-order valence-electron chi connectivity index (χ4n) is 5.01. The number of aliphatic carboxylic acids is 1. The summed E-state index contributed by atoms with van der Waals surface area (Å²) in [6.45, 7) is 6.03. The summed E-state index contributed by atoms with van der Waals surface area (Å²) in [5.74, 6) is -1.24. The molecule has 186 valence electrons. The predicted octanol–water partition coefficient (Wildman–Crippen LogP) is 3.17. The van der Waals surface area contributed by atoms with E-state index in [0.717, 1.165) is 11.1 Å². The molecule has 2 N–H and O–H groups in total. The lowest BCUT2D eigenvalue weighted by molar-refractivity contribution is -0.144. The molecule has 2 aliphatic rings. The van der Waals surface area contributed by atoms with Crippen molar-refractivity contribution in [2.45, 2.75) is 32.2 Å². The summed E-state index contributed by atoms with van der Waals surface area (Å²) in [5.41, 5.74) is 4.65. The van der Waals surface area contributed by atoms with Crippen molar-refractivity contribution in [3.05, 3.63) is 59.7 Å². The second-order valence-electron chi connectivity index (χ2n) is 9.19. The number of carboxylic acid groups (broad SMARTS) is 1. The van der Waals surface area contributed by atoms with E-state index in [4.69, 9.17) is 4.74 Å². The number of fused-ring (bicyclic) bond motifs is 3. The van der Waals surface area contributed by atoms with E-state index in [0.29, 0.717) is 32.6 Å². The zero-order valence-electron chi connectivity index (χ0n) is 20.3. The van der Waals surface area contributed by atoms with Gasteiger partial charge in [0.2, 0.25) is 5.91 Å². The number of rotatable bonds is 8. The van der Waals surface area contributed by atoms with E-state index < -0.39 is 18.1 Å². The summed E-state index contributed by atoms with van der Waals surface area (Å²) >= 11 is 0. The molecule has 1 heterocycles. The number of piperazine rings is 1. The van der Waals surface area contributed by atoms with Crippen LogP contribution >= 0.6 is 0 Å². The number of amides is 2. The zero-order valence-corrected chi connectivity index (χ0v) is 20.3. The molecule has 0 saturated carbocycles. The van der Waals surface area contributed by atoms with Gasteiger partial charge in [-0.15, -0.1) is 0 Å². The SMILES string of the molecule is CCC(CNC(=O)OCC1c2ccccc2-c2ccccc21)C(=O)N1CCN(C(C)C(=O)O)CC1. The third-order valence-corrected chi connectivity index (χ3v) is 7.21. The molecule has 2 unspecified atom stereocenters. The van der Waals surface area contributed by atoms with Gasteiger partial charge in [-0.1, -0.05) is 55.5 Å². The Labute approximate surface area is 205 Å². The normalized spacial score (nSPS) is 17.3. The van der Waals surface area contributed by atoms with Crippen molar-refractivity contribution in [1.82, 2.24) is 15.1 Å². The first-order valence-corrected chi connectivity index (χ1v) is 12.2. The van der Waals surface area contributed by atoms with Gasteiger partial charge in [0.15, 0.2) is 0 Å². The second kappa shape index (κ2) is 10.9. The molecule has 8 nitrogen and oxygen atoms in total. The van der Waals surface area contributed by atoms with Crippen LogP contribution in [0.5, 0.6) is 0 Å². The Morgan fingerprint density at radius 2 is 1.57 bits per heavy atom. The van der Waals surface area contributed by atoms with Gasteiger partial charge < -0.3 is 20.1 Å². The fraction of sp³-hybridized carbons (Fsp3) is 0.444. The predicted molar refractivity (Wildman–Crippen MR) is 132 cm³/mol. The summed E-state index contributed by atoms with van der Waals surface area (Å²) in [6, 6.07) is 15.8. The summed E-state index contributed by atoms with van der Waals surface area (Å²) in [6.07, 6.45) is 0.0621. The minimum absolute atomic E-state index is 0.0127. The van der Waals surface area contributed by atoms with Crippen molar-refractivity contribution < 1.29 is 24.2 Å². The van der Waals surface area contributed by atoms with Crippen LogP contribution in [0, 0.1) is 5.92 Å². The number of benzene rings is 2. The van der Waals surface area contributed by atoms with Gasteiger partial charge in [-0.05, 0) is 35.6 Å². The molecule has 35 heavy (non-hydrogen) atoms. The lowest BCUT2D eigenvalue weighted by Crippen LogP contribution is -2.54. The Balaban J connectivity index is 1.28. The van der Waals surface area contributed by atoms with Crippen molar-refractivity contribution in [1.29, 1.82) is 0 Å². The van der Waals surface area contributed by atoms with Crippen LogP contribution in [0.2, 0.25) is 0 Å². The lowest BCUT2D eigenvalue weighted by atomic mass is 9.98. The molecule has 1 aliphatic carbocycles. The molecule has 1 aliphatic heterocycles. The first-order valence-electron chi connectivity index (χ1n) is 12.2. The molecule has 1 saturated heterocycles. The first-order chi connectivity index (χ1) is 16.9. The van der Waals surface area contributed by atoms with Gasteiger partial charge in [0, 0.05) is 38.6 Å². The Hall–Kier alpha value is -3.39. The number of ether oxygens (including phenoxy) is 1. The van der Waals surface area contributed by atoms with E-state index in [1.54, 1.807) is 11.8 Å². The van der Waals surface area contributed by atoms with Crippen LogP contribution in [0.4, 0.5) is 4.79 Å². The maximum atomic E-state index is 13.0. The Morgan fingerprint density at radius 1 is 1.00 bits per heavy atom. The van der Waals surface area contributed by atoms with Crippen molar-refractivity contribution in [3.63, 3.8) is 0 Å². The molecular weight excluding hydrogens is 446 g/mol. The number of alkyl carbamates (subject to hydrolysis) is 1. The van der Waals surface area contributed by atoms with Crippen LogP contribution in [0.25, 0.3) is 11.1 Å². The van der Waals surface area contributed by atoms with E-state index in [9.17, 15) is 19.5 Å². The summed E-state index contributed by atoms with van der Waals surface area (Å²) in [7, 11) is 0. The van der Waals surface area contributed by atoms with Crippen LogP contribution in [-0.4, -0.2) is 78.2 Å². The number of hydrogen-bond donors (Lipinski definition) is 2. The minimum Gasteiger partial charge on any atom is -0.480 e. The molecule has 2 amide bonds. The molecule has 2 aromatic carbocycles. The number of carbonyl (C=O) groups is 3. The van der Waals surface area contributed by atoms with Gasteiger partial charge in [0.05, 0.1) is 5.92 Å². The van der Waals surface area contributed by atoms with Crippen molar-refractivity contribution in [2.24, 2.45) is 5.92 Å². The Morgan fingerprint density at radius 3 is 2.11 bits per heavy atom. The van der Waals surface area contributed by atoms with Crippen molar-refractivity contribution in [2.75, 3.05) is 39.3 Å². The highest BCUT2D eigenvalue weighted by Crippen LogP contribution is 2.44. The van der Waals surface area contributed by atoms with Crippen LogP contribution in [-0.2, 0) is 14.3 Å². The molecule has 0 radical (unpaired) electrons. The quantitative estimate of drug-likeness (QED) is 0.604. The standard InChI is InChI=1S/C27H33N3O5/c1-3-19(25(31)30-14-12-29(13-15-30)18(2)26(32)33)16-28-27(34)35-17-24-22-10-6-4-8-20(22)21-9-5-7-11-23(21)24/h4-11,18-19,24H,3,12-17H2,1-2H3,(H,28,34)(H,32,33). The van der Waals surface area contributed by atoms with E-state index in [-0.39, 0.29) is 30.9 Å². The maximum absolute atomic E-state index is 13.0. The number of carbonyl (C=O) groups excluding carboxylic acids is 2. The summed E-state index contributed by atoms with van der Waals surface area (Å²) in [5, 5.41) is 12.0. The number of nitrogens with one attached hydrogen (secondary N) is 1. The highest BCUT2D eigenvalue weighted by Gasteiger charge is 2.31. The van der Waals surface area contributed by atoms with Crippen LogP contribution in [0.1, 0.15) is 37.3 Å². The van der Waals surface area contributed by atoms with Gasteiger partial charge in [-0.2, -0.15) is 0 Å². The largest absolute Gasteiger partial charge is 0.480 e. The van der Waals surface area contributed by atoms with E-state index in [2.05, 4.69) is 29.6 Å². The van der Waals surface area contributed by atoms with Crippen LogP contribution in [0.3, 0.4) is 0 Å². The molecule has 0 aromatic heterocycles. The monoisotopic (exact) mass is 479 g/mol. The average molecular weight is 480 g/mol. The van der Waals surface area contributed by atoms with Gasteiger partial charge in [0.1, 0.15) is 12.6 Å². The van der Waals surface area contributed by atoms with Crippen LogP contribution in [0.15, 0.2) is 48.5 Å². The molecule has 2 aromatic rings. The molecule has 4 rings (SSSR count). The lowest BCUT2D eigenvalue weighted by Gasteiger charge is -2.37. The van der Waals surface area contributed by atoms with E-state index in [1.807, 2.05) is 36.1 Å². The summed E-state index contributed by atoms with van der Waals surface area (Å²) < 4.78 is 5.59. The zero-order chi connectivity index (χ0) is 24.9. The average Bonchev–Trinajstić information content (AvgIpc) is 3.21. The molecule has 8 heteroatoms. The number of nitrogens with zero attached hydrogens (tertiary/aromatic N) is 2. The van der Waals surface area contributed by atoms with Gasteiger partial charge >= 0.3 is 12.1 Å². The second-order valence-corrected chi connectivity index (χ2v) is 9.19. The van der Waals surface area contributed by atoms with E-state index in [1.165, 1.54) is 11.1 Å². The molecule has 1 fully saturated rings. The Kier molecular flexibility index (Phi) is 7.70. The number of carboxylic acids is 1. The molecule has 2 atom stereocenters. The first kappa shape index (κ1) is 24.7. The molecule has 0 bridgehead atoms. The smallest absolute Gasteiger partial charge is 0.407 e. The van der Waals surface area contributed by atoms with Crippen molar-refractivity contribution >= 4 is 18.0 Å². The van der Waals surface area contributed by atoms with Crippen molar-refractivity contribution in [3.8, 4) is 11.1 Å². The fourth-order valence-corrected chi connectivity index (χ4v) is 5.01. The van der Waals surface area contributed by atoms with Gasteiger partial charge in [-0.3, -0.25) is 14.5 Å². The highest BCUT2D eigenvalue weighted by atomic mass is 16.5. The van der Waals surface area contributed by atoms with Crippen LogP contribution < -0.4 is 5.32 Å². The van der Waals surface area contributed by atoms with Gasteiger partial charge in [0.25, 0.3) is 0 Å². The summed E-state index contributed by atoms with van der Waals surface area (Å²) in [4.78, 5) is 40.3. The third-order valence-electron chi connectivity index (χ3n) is 7.21. The van der Waals surface area contributed by atoms with Gasteiger partial charge in [-0.25, -0.2) is 4.79 Å². The Bertz CT molecular complexity index is 1030. The topological polar surface area (TPSA) is 99.2 Å². The maximum Gasteiger partial charge on any atom is 0.407 e. The third kappa shape index (κ3) is 5.32. The highest BCUT2D eigenvalue weighted by molar-refractivity contribution is 5.81. The minimum atomic E-state index is -0.858. The van der Waals surface area contributed by atoms with E-state index >= 15 is 0 Å². The molecular formula is C27H33N3O5.